The molecule has 0 spiro atoms. The van der Waals surface area contributed by atoms with Gasteiger partial charge in [0.05, 0.1) is 19.4 Å². The number of hydrogen-bond donors (Lipinski definition) is 4. The number of nitrogens with one attached hydrogen (secondary N) is 3. The van der Waals surface area contributed by atoms with Gasteiger partial charge in [-0.15, -0.1) is 0 Å². The molecule has 6 nitrogen and oxygen atoms in total. The average molecular weight is 369 g/mol. The highest BCUT2D eigenvalue weighted by molar-refractivity contribution is 6.05. The summed E-state index contributed by atoms with van der Waals surface area (Å²) in [6.45, 7) is 0.492. The summed E-state index contributed by atoms with van der Waals surface area (Å²) in [6, 6.07) is 12.2. The normalized spacial score (nSPS) is 11.2. The Morgan fingerprint density at radius 2 is 2.00 bits per heavy atom. The van der Waals surface area contributed by atoms with Crippen LogP contribution in [0.1, 0.15) is 6.42 Å². The molecular formula is C20H20FN3O3. The molecule has 0 bridgehead atoms. The van der Waals surface area contributed by atoms with Gasteiger partial charge in [-0.3, -0.25) is 10.2 Å². The number of halogens is 1. The lowest BCUT2D eigenvalue weighted by molar-refractivity contribution is 0.228. The molecule has 1 aliphatic carbocycles. The summed E-state index contributed by atoms with van der Waals surface area (Å²) in [4.78, 5) is 0. The molecule has 4 N–H and O–H groups in total. The third-order valence-electron chi connectivity index (χ3n) is 4.41. The highest BCUT2D eigenvalue weighted by Crippen LogP contribution is 2.42. The van der Waals surface area contributed by atoms with Crippen LogP contribution < -0.4 is 14.8 Å². The number of aliphatic hydroxyl groups is 1. The van der Waals surface area contributed by atoms with Crippen molar-refractivity contribution in [3.8, 4) is 22.8 Å². The Morgan fingerprint density at radius 3 is 2.78 bits per heavy atom. The van der Waals surface area contributed by atoms with Crippen molar-refractivity contribution >= 4 is 22.3 Å². The van der Waals surface area contributed by atoms with Gasteiger partial charge >= 0.3 is 0 Å². The quantitative estimate of drug-likeness (QED) is 0.367. The molecule has 2 aromatic rings. The zero-order valence-electron chi connectivity index (χ0n) is 14.8. The molecule has 140 valence electrons. The van der Waals surface area contributed by atoms with Gasteiger partial charge in [0.15, 0.2) is 11.5 Å². The molecule has 1 heterocycles. The van der Waals surface area contributed by atoms with Gasteiger partial charge < -0.3 is 19.9 Å². The lowest BCUT2D eigenvalue weighted by Gasteiger charge is -2.10. The number of fused-ring (bicyclic) bond motifs is 3. The summed E-state index contributed by atoms with van der Waals surface area (Å²) in [5.41, 5.74) is 2.52. The fourth-order valence-corrected chi connectivity index (χ4v) is 3.14. The summed E-state index contributed by atoms with van der Waals surface area (Å²) < 4.78 is 24.6. The molecule has 27 heavy (non-hydrogen) atoms. The van der Waals surface area contributed by atoms with Crippen LogP contribution in [0.25, 0.3) is 22.0 Å². The number of aromatic nitrogens is 2. The SMILES string of the molecule is COc1cc2c3[nH][nH]c(Nc4cccc(F)c4)c-3cc2cc1OCCCO. The van der Waals surface area contributed by atoms with Crippen molar-refractivity contribution in [2.45, 2.75) is 6.42 Å². The van der Waals surface area contributed by atoms with Crippen molar-refractivity contribution in [1.29, 1.82) is 0 Å². The van der Waals surface area contributed by atoms with Gasteiger partial charge in [-0.1, -0.05) is 6.07 Å². The van der Waals surface area contributed by atoms with E-state index >= 15 is 0 Å². The number of rotatable bonds is 7. The fraction of sp³-hybridized carbons (Fsp3) is 0.200. The largest absolute Gasteiger partial charge is 0.493 e. The molecule has 0 atom stereocenters. The lowest BCUT2D eigenvalue weighted by atomic mass is 10.2. The van der Waals surface area contributed by atoms with Crippen molar-refractivity contribution in [3.05, 3.63) is 48.3 Å². The molecule has 7 heteroatoms. The second-order valence-electron chi connectivity index (χ2n) is 6.21. The maximum atomic E-state index is 13.4. The highest BCUT2D eigenvalue weighted by Gasteiger charge is 2.19. The van der Waals surface area contributed by atoms with Gasteiger partial charge in [-0.05, 0) is 41.8 Å². The Balaban J connectivity index is 1.70. The number of anilines is 2. The van der Waals surface area contributed by atoms with Crippen molar-refractivity contribution in [2.75, 3.05) is 25.6 Å². The van der Waals surface area contributed by atoms with E-state index in [2.05, 4.69) is 15.5 Å². The van der Waals surface area contributed by atoms with Crippen LogP contribution >= 0.6 is 0 Å². The van der Waals surface area contributed by atoms with E-state index in [4.69, 9.17) is 14.6 Å². The Morgan fingerprint density at radius 1 is 1.11 bits per heavy atom. The Kier molecular flexibility index (Phi) is 4.60. The number of hydrogen-bond acceptors (Lipinski definition) is 4. The molecule has 2 aromatic carbocycles. The topological polar surface area (TPSA) is 82.3 Å². The zero-order chi connectivity index (χ0) is 18.8. The summed E-state index contributed by atoms with van der Waals surface area (Å²) in [7, 11) is 1.60. The standard InChI is InChI=1S/C20H20FN3O3/c1-26-17-11-15-12(9-18(17)27-7-3-6-25)8-16-19(15)23-24-20(16)22-14-5-2-4-13(21)10-14/h2,4-5,8-11,22-25H,3,6-7H2,1H3. The first-order chi connectivity index (χ1) is 13.2. The van der Waals surface area contributed by atoms with Crippen LogP contribution in [-0.2, 0) is 0 Å². The number of aromatic amines is 2. The van der Waals surface area contributed by atoms with Gasteiger partial charge in [0.1, 0.15) is 11.6 Å². The van der Waals surface area contributed by atoms with E-state index in [1.165, 1.54) is 12.1 Å². The zero-order valence-corrected chi connectivity index (χ0v) is 14.8. The minimum atomic E-state index is -0.297. The molecule has 0 amide bonds. The number of H-pyrrole nitrogens is 2. The maximum Gasteiger partial charge on any atom is 0.161 e. The first-order valence-corrected chi connectivity index (χ1v) is 8.66. The molecule has 0 unspecified atom stereocenters. The van der Waals surface area contributed by atoms with E-state index in [1.807, 2.05) is 18.2 Å². The van der Waals surface area contributed by atoms with Crippen LogP contribution in [0.4, 0.5) is 15.9 Å². The predicted octanol–water partition coefficient (Wildman–Crippen LogP) is 4.25. The van der Waals surface area contributed by atoms with Crippen LogP contribution in [0.5, 0.6) is 11.5 Å². The molecule has 0 saturated carbocycles. The number of ether oxygens (including phenoxy) is 2. The second kappa shape index (κ2) is 7.20. The van der Waals surface area contributed by atoms with Crippen LogP contribution in [0.3, 0.4) is 0 Å². The van der Waals surface area contributed by atoms with Crippen molar-refractivity contribution in [2.24, 2.45) is 0 Å². The predicted molar refractivity (Wildman–Crippen MR) is 103 cm³/mol. The molecule has 0 fully saturated rings. The van der Waals surface area contributed by atoms with Gasteiger partial charge in [-0.25, -0.2) is 4.39 Å². The molecule has 1 aliphatic heterocycles. The summed E-state index contributed by atoms with van der Waals surface area (Å²) in [5, 5.41) is 20.4. The summed E-state index contributed by atoms with van der Waals surface area (Å²) >= 11 is 0. The first kappa shape index (κ1) is 17.2. The van der Waals surface area contributed by atoms with Crippen molar-refractivity contribution < 1.29 is 19.0 Å². The lowest BCUT2D eigenvalue weighted by Crippen LogP contribution is -2.01. The maximum absolute atomic E-state index is 13.4. The molecule has 2 aliphatic rings. The molecule has 0 radical (unpaired) electrons. The van der Waals surface area contributed by atoms with Crippen molar-refractivity contribution in [1.82, 2.24) is 10.2 Å². The summed E-state index contributed by atoms with van der Waals surface area (Å²) in [5.74, 6) is 1.71. The van der Waals surface area contributed by atoms with E-state index in [9.17, 15) is 4.39 Å². The van der Waals surface area contributed by atoms with E-state index in [-0.39, 0.29) is 12.4 Å². The Labute approximate surface area is 155 Å². The third kappa shape index (κ3) is 3.29. The molecular weight excluding hydrogens is 349 g/mol. The molecule has 4 rings (SSSR count). The number of aliphatic hydroxyl groups excluding tert-OH is 1. The van der Waals surface area contributed by atoms with Crippen LogP contribution in [0, 0.1) is 5.82 Å². The fourth-order valence-electron chi connectivity index (χ4n) is 3.14. The molecule has 0 saturated heterocycles. The van der Waals surface area contributed by atoms with E-state index < -0.39 is 0 Å². The average Bonchev–Trinajstić information content (AvgIpc) is 3.21. The van der Waals surface area contributed by atoms with Crippen LogP contribution in [0.15, 0.2) is 42.5 Å². The minimum Gasteiger partial charge on any atom is -0.493 e. The summed E-state index contributed by atoms with van der Waals surface area (Å²) in [6.07, 6.45) is 0.555. The van der Waals surface area contributed by atoms with Crippen LogP contribution in [-0.4, -0.2) is 35.6 Å². The van der Waals surface area contributed by atoms with Crippen LogP contribution in [0.2, 0.25) is 0 Å². The van der Waals surface area contributed by atoms with E-state index in [1.54, 1.807) is 19.2 Å². The van der Waals surface area contributed by atoms with Gasteiger partial charge in [0.25, 0.3) is 0 Å². The van der Waals surface area contributed by atoms with Gasteiger partial charge in [0, 0.05) is 29.7 Å². The third-order valence-corrected chi connectivity index (χ3v) is 4.41. The Bertz CT molecular complexity index is 1040. The molecule has 0 aromatic heterocycles. The number of benzene rings is 2. The van der Waals surface area contributed by atoms with E-state index in [0.29, 0.717) is 30.2 Å². The van der Waals surface area contributed by atoms with Gasteiger partial charge in [0.2, 0.25) is 0 Å². The van der Waals surface area contributed by atoms with Gasteiger partial charge in [-0.2, -0.15) is 0 Å². The smallest absolute Gasteiger partial charge is 0.161 e. The monoisotopic (exact) mass is 369 g/mol. The number of methoxy groups -OCH3 is 1. The minimum absolute atomic E-state index is 0.0783. The highest BCUT2D eigenvalue weighted by atomic mass is 19.1. The second-order valence-corrected chi connectivity index (χ2v) is 6.21. The first-order valence-electron chi connectivity index (χ1n) is 8.66. The Hall–Kier alpha value is -3.19. The van der Waals surface area contributed by atoms with E-state index in [0.717, 1.165) is 27.8 Å². The van der Waals surface area contributed by atoms with Crippen molar-refractivity contribution in [3.63, 3.8) is 0 Å².